The average molecular weight is 286 g/mol. The fourth-order valence-electron chi connectivity index (χ4n) is 2.73. The second-order valence-corrected chi connectivity index (χ2v) is 5.19. The number of pyridine rings is 2. The fraction of sp³-hybridized carbons (Fsp3) is 0.0526. The van der Waals surface area contributed by atoms with Crippen LogP contribution in [0.25, 0.3) is 32.8 Å². The Morgan fingerprint density at radius 3 is 2.73 bits per heavy atom. The first-order valence-corrected chi connectivity index (χ1v) is 7.12. The van der Waals surface area contributed by atoms with E-state index in [1.54, 1.807) is 7.11 Å². The molecule has 0 unspecified atom stereocenters. The quantitative estimate of drug-likeness (QED) is 0.510. The van der Waals surface area contributed by atoms with Gasteiger partial charge in [-0.3, -0.25) is 9.97 Å². The van der Waals surface area contributed by atoms with E-state index in [1.807, 2.05) is 48.9 Å². The van der Waals surface area contributed by atoms with Crippen molar-refractivity contribution in [2.24, 2.45) is 0 Å². The summed E-state index contributed by atoms with van der Waals surface area (Å²) in [6, 6.07) is 16.3. The molecule has 2 aromatic carbocycles. The first-order valence-electron chi connectivity index (χ1n) is 7.12. The minimum atomic E-state index is 0.845. The maximum Gasteiger partial charge on any atom is 0.119 e. The van der Waals surface area contributed by atoms with E-state index >= 15 is 0 Å². The van der Waals surface area contributed by atoms with E-state index in [9.17, 15) is 0 Å². The van der Waals surface area contributed by atoms with Gasteiger partial charge in [0, 0.05) is 34.9 Å². The van der Waals surface area contributed by atoms with Crippen LogP contribution in [0.4, 0.5) is 0 Å². The predicted octanol–water partition coefficient (Wildman–Crippen LogP) is 4.46. The minimum Gasteiger partial charge on any atom is -0.497 e. The highest BCUT2D eigenvalue weighted by Gasteiger charge is 2.05. The lowest BCUT2D eigenvalue weighted by atomic mass is 10.0. The lowest BCUT2D eigenvalue weighted by Gasteiger charge is -2.07. The van der Waals surface area contributed by atoms with Gasteiger partial charge in [-0.2, -0.15) is 0 Å². The molecule has 0 amide bonds. The Morgan fingerprint density at radius 2 is 1.82 bits per heavy atom. The Balaban J connectivity index is 1.97. The molecule has 0 fully saturated rings. The molecule has 22 heavy (non-hydrogen) atoms. The van der Waals surface area contributed by atoms with Gasteiger partial charge < -0.3 is 4.74 Å². The number of hydrogen-bond donors (Lipinski definition) is 0. The predicted molar refractivity (Wildman–Crippen MR) is 89.0 cm³/mol. The van der Waals surface area contributed by atoms with Crippen molar-refractivity contribution in [3.8, 4) is 16.9 Å². The van der Waals surface area contributed by atoms with Crippen molar-refractivity contribution in [2.75, 3.05) is 7.11 Å². The van der Waals surface area contributed by atoms with Crippen molar-refractivity contribution in [1.82, 2.24) is 9.97 Å². The Hall–Kier alpha value is -2.94. The van der Waals surface area contributed by atoms with E-state index < -0.39 is 0 Å². The number of methoxy groups -OCH3 is 1. The molecule has 4 rings (SSSR count). The smallest absolute Gasteiger partial charge is 0.119 e. The molecule has 2 aromatic heterocycles. The van der Waals surface area contributed by atoms with Crippen LogP contribution in [-0.2, 0) is 0 Å². The number of aromatic nitrogens is 2. The summed E-state index contributed by atoms with van der Waals surface area (Å²) in [6.45, 7) is 0. The molecule has 106 valence electrons. The molecular weight excluding hydrogens is 272 g/mol. The molecule has 0 saturated heterocycles. The molecule has 0 spiro atoms. The van der Waals surface area contributed by atoms with Crippen LogP contribution < -0.4 is 4.74 Å². The van der Waals surface area contributed by atoms with Gasteiger partial charge >= 0.3 is 0 Å². The Labute approximate surface area is 128 Å². The van der Waals surface area contributed by atoms with Crippen LogP contribution in [0, 0.1) is 0 Å². The van der Waals surface area contributed by atoms with Gasteiger partial charge in [0.2, 0.25) is 0 Å². The molecule has 3 nitrogen and oxygen atoms in total. The molecule has 0 aliphatic heterocycles. The van der Waals surface area contributed by atoms with E-state index in [1.165, 1.54) is 5.39 Å². The Morgan fingerprint density at radius 1 is 0.864 bits per heavy atom. The molecule has 0 atom stereocenters. The van der Waals surface area contributed by atoms with Crippen molar-refractivity contribution >= 4 is 21.7 Å². The van der Waals surface area contributed by atoms with E-state index in [0.717, 1.165) is 33.2 Å². The van der Waals surface area contributed by atoms with Crippen molar-refractivity contribution in [3.05, 3.63) is 67.1 Å². The second kappa shape index (κ2) is 5.11. The highest BCUT2D eigenvalue weighted by atomic mass is 16.5. The van der Waals surface area contributed by atoms with Crippen molar-refractivity contribution in [1.29, 1.82) is 0 Å². The summed E-state index contributed by atoms with van der Waals surface area (Å²) in [4.78, 5) is 8.84. The number of nitrogens with zero attached hydrogens (tertiary/aromatic N) is 2. The maximum atomic E-state index is 5.30. The van der Waals surface area contributed by atoms with Gasteiger partial charge in [-0.1, -0.05) is 18.2 Å². The zero-order valence-electron chi connectivity index (χ0n) is 12.2. The number of rotatable bonds is 2. The van der Waals surface area contributed by atoms with Gasteiger partial charge in [-0.15, -0.1) is 0 Å². The molecule has 3 heteroatoms. The van der Waals surface area contributed by atoms with Gasteiger partial charge in [-0.25, -0.2) is 0 Å². The van der Waals surface area contributed by atoms with Crippen LogP contribution in [0.5, 0.6) is 5.75 Å². The molecule has 0 aliphatic rings. The Kier molecular flexibility index (Phi) is 2.97. The van der Waals surface area contributed by atoms with Crippen LogP contribution in [-0.4, -0.2) is 17.1 Å². The second-order valence-electron chi connectivity index (χ2n) is 5.19. The summed E-state index contributed by atoms with van der Waals surface area (Å²) in [5, 5.41) is 3.41. The summed E-state index contributed by atoms with van der Waals surface area (Å²) in [6.07, 6.45) is 5.61. The van der Waals surface area contributed by atoms with Gasteiger partial charge in [0.25, 0.3) is 0 Å². The fourth-order valence-corrected chi connectivity index (χ4v) is 2.73. The lowest BCUT2D eigenvalue weighted by Crippen LogP contribution is -1.87. The third-order valence-corrected chi connectivity index (χ3v) is 3.89. The molecule has 0 N–H and O–H groups in total. The van der Waals surface area contributed by atoms with Crippen molar-refractivity contribution in [3.63, 3.8) is 0 Å². The number of benzene rings is 2. The largest absolute Gasteiger partial charge is 0.497 e. The third-order valence-electron chi connectivity index (χ3n) is 3.89. The van der Waals surface area contributed by atoms with E-state index in [2.05, 4.69) is 28.2 Å². The van der Waals surface area contributed by atoms with Crippen LogP contribution in [0.1, 0.15) is 0 Å². The van der Waals surface area contributed by atoms with Gasteiger partial charge in [0.1, 0.15) is 5.75 Å². The molecule has 0 radical (unpaired) electrons. The standard InChI is InChI=1S/C19H14N2O/c1-22-16-4-2-3-14(9-16)15-10-17-18-12-20-8-7-13(18)5-6-19(17)21-11-15/h2-12H,1H3. The zero-order chi connectivity index (χ0) is 14.9. The highest BCUT2D eigenvalue weighted by Crippen LogP contribution is 2.29. The average Bonchev–Trinajstić information content (AvgIpc) is 2.61. The van der Waals surface area contributed by atoms with Crippen LogP contribution in [0.3, 0.4) is 0 Å². The maximum absolute atomic E-state index is 5.30. The van der Waals surface area contributed by atoms with Gasteiger partial charge in [0.05, 0.1) is 12.6 Å². The van der Waals surface area contributed by atoms with Gasteiger partial charge in [0.15, 0.2) is 0 Å². The topological polar surface area (TPSA) is 35.0 Å². The summed E-state index contributed by atoms with van der Waals surface area (Å²) >= 11 is 0. The van der Waals surface area contributed by atoms with Crippen LogP contribution in [0.2, 0.25) is 0 Å². The van der Waals surface area contributed by atoms with E-state index in [0.29, 0.717) is 0 Å². The Bertz CT molecular complexity index is 979. The lowest BCUT2D eigenvalue weighted by molar-refractivity contribution is 0.415. The normalized spacial score (nSPS) is 11.0. The number of ether oxygens (including phenoxy) is 1. The first kappa shape index (κ1) is 12.8. The molecule has 0 aliphatic carbocycles. The first-order chi connectivity index (χ1) is 10.8. The van der Waals surface area contributed by atoms with Crippen molar-refractivity contribution < 1.29 is 4.74 Å². The minimum absolute atomic E-state index is 0.845. The molecular formula is C19H14N2O. The summed E-state index contributed by atoms with van der Waals surface area (Å²) in [5.74, 6) is 0.845. The number of fused-ring (bicyclic) bond motifs is 3. The monoisotopic (exact) mass is 286 g/mol. The SMILES string of the molecule is COc1cccc(-c2cnc3ccc4ccncc4c3c2)c1. The molecule has 4 aromatic rings. The number of hydrogen-bond acceptors (Lipinski definition) is 3. The highest BCUT2D eigenvalue weighted by molar-refractivity contribution is 6.06. The van der Waals surface area contributed by atoms with Gasteiger partial charge in [-0.05, 0) is 41.3 Å². The third kappa shape index (κ3) is 2.07. The summed E-state index contributed by atoms with van der Waals surface area (Å²) < 4.78 is 5.30. The van der Waals surface area contributed by atoms with Crippen molar-refractivity contribution in [2.45, 2.75) is 0 Å². The van der Waals surface area contributed by atoms with Crippen LogP contribution >= 0.6 is 0 Å². The molecule has 2 heterocycles. The van der Waals surface area contributed by atoms with E-state index in [-0.39, 0.29) is 0 Å². The summed E-state index contributed by atoms with van der Waals surface area (Å²) in [5.41, 5.74) is 3.14. The molecule has 0 bridgehead atoms. The van der Waals surface area contributed by atoms with E-state index in [4.69, 9.17) is 4.74 Å². The zero-order valence-corrected chi connectivity index (χ0v) is 12.2. The van der Waals surface area contributed by atoms with Crippen LogP contribution in [0.15, 0.2) is 67.1 Å². The molecule has 0 saturated carbocycles. The summed E-state index contributed by atoms with van der Waals surface area (Å²) in [7, 11) is 1.68.